The van der Waals surface area contributed by atoms with Gasteiger partial charge in [0.2, 0.25) is 0 Å². The van der Waals surface area contributed by atoms with Crippen molar-refractivity contribution < 1.29 is 9.84 Å². The number of para-hydroxylation sites is 1. The van der Waals surface area contributed by atoms with Gasteiger partial charge in [-0.3, -0.25) is 0 Å². The average molecular weight is 246 g/mol. The number of hydrogen-bond donors (Lipinski definition) is 2. The second-order valence-corrected chi connectivity index (χ2v) is 4.17. The first-order chi connectivity index (χ1) is 8.80. The van der Waals surface area contributed by atoms with Crippen molar-refractivity contribution >= 4 is 0 Å². The molecule has 1 heterocycles. The van der Waals surface area contributed by atoms with E-state index in [9.17, 15) is 5.11 Å². The first-order valence-electron chi connectivity index (χ1n) is 6.09. The zero-order chi connectivity index (χ0) is 13.0. The number of aromatic nitrogens is 2. The third-order valence-electron chi connectivity index (χ3n) is 3.09. The fraction of sp³-hybridized carbons (Fsp3) is 0.357. The van der Waals surface area contributed by atoms with E-state index in [1.54, 1.807) is 13.3 Å². The van der Waals surface area contributed by atoms with Gasteiger partial charge in [0.05, 0.1) is 25.6 Å². The number of methoxy groups -OCH3 is 1. The van der Waals surface area contributed by atoms with Crippen LogP contribution in [0.2, 0.25) is 0 Å². The van der Waals surface area contributed by atoms with Crippen molar-refractivity contribution in [3.63, 3.8) is 0 Å². The van der Waals surface area contributed by atoms with Crippen LogP contribution in [0.15, 0.2) is 30.5 Å². The van der Waals surface area contributed by atoms with E-state index in [1.165, 1.54) is 0 Å². The summed E-state index contributed by atoms with van der Waals surface area (Å²) in [6.07, 6.45) is 2.64. The predicted octanol–water partition coefficient (Wildman–Crippen LogP) is 2.57. The van der Waals surface area contributed by atoms with Gasteiger partial charge in [-0.05, 0) is 18.6 Å². The summed E-state index contributed by atoms with van der Waals surface area (Å²) < 4.78 is 5.32. The van der Waals surface area contributed by atoms with Crippen LogP contribution in [0.5, 0.6) is 5.75 Å². The number of H-pyrrole nitrogens is 1. The van der Waals surface area contributed by atoms with Gasteiger partial charge in [0.15, 0.2) is 0 Å². The zero-order valence-corrected chi connectivity index (χ0v) is 10.7. The molecule has 0 radical (unpaired) electrons. The lowest BCUT2D eigenvalue weighted by Crippen LogP contribution is -2.04. The molecular formula is C14H18N2O2. The second-order valence-electron chi connectivity index (χ2n) is 4.17. The fourth-order valence-electron chi connectivity index (χ4n) is 1.96. The Bertz CT molecular complexity index is 504. The summed E-state index contributed by atoms with van der Waals surface area (Å²) >= 11 is 0. The van der Waals surface area contributed by atoms with Crippen molar-refractivity contribution in [2.24, 2.45) is 0 Å². The maximum atomic E-state index is 9.28. The predicted molar refractivity (Wildman–Crippen MR) is 70.7 cm³/mol. The Hall–Kier alpha value is -1.81. The summed E-state index contributed by atoms with van der Waals surface area (Å²) in [6, 6.07) is 7.79. The molecule has 1 unspecified atom stereocenters. The van der Waals surface area contributed by atoms with E-state index in [-0.39, 0.29) is 12.5 Å². The molecule has 0 spiro atoms. The maximum absolute atomic E-state index is 9.28. The number of imidazole rings is 1. The number of ether oxygens (including phenoxy) is 1. The molecule has 4 heteroatoms. The largest absolute Gasteiger partial charge is 0.496 e. The highest BCUT2D eigenvalue weighted by molar-refractivity contribution is 5.66. The topological polar surface area (TPSA) is 58.1 Å². The van der Waals surface area contributed by atoms with Crippen molar-refractivity contribution in [2.75, 3.05) is 13.7 Å². The number of aliphatic hydroxyl groups is 1. The smallest absolute Gasteiger partial charge is 0.128 e. The average Bonchev–Trinajstić information content (AvgIpc) is 2.89. The van der Waals surface area contributed by atoms with Crippen molar-refractivity contribution in [3.8, 4) is 17.0 Å². The molecule has 2 rings (SSSR count). The quantitative estimate of drug-likeness (QED) is 0.852. The van der Waals surface area contributed by atoms with Crippen molar-refractivity contribution in [2.45, 2.75) is 19.3 Å². The molecule has 0 aliphatic carbocycles. The van der Waals surface area contributed by atoms with Gasteiger partial charge >= 0.3 is 0 Å². The molecule has 18 heavy (non-hydrogen) atoms. The Morgan fingerprint density at radius 1 is 1.39 bits per heavy atom. The Kier molecular flexibility index (Phi) is 3.99. The molecule has 2 N–H and O–H groups in total. The molecular weight excluding hydrogens is 228 g/mol. The van der Waals surface area contributed by atoms with E-state index >= 15 is 0 Å². The lowest BCUT2D eigenvalue weighted by Gasteiger charge is -2.08. The molecule has 0 saturated heterocycles. The SMILES string of the molecule is CCC(CO)c1ncc(-c2ccccc2OC)[nH]1. The van der Waals surface area contributed by atoms with Gasteiger partial charge in [-0.1, -0.05) is 19.1 Å². The highest BCUT2D eigenvalue weighted by Crippen LogP contribution is 2.29. The van der Waals surface area contributed by atoms with Crippen LogP contribution in [0.25, 0.3) is 11.3 Å². The minimum Gasteiger partial charge on any atom is -0.496 e. The molecule has 0 aliphatic heterocycles. The molecule has 0 saturated carbocycles. The summed E-state index contributed by atoms with van der Waals surface area (Å²) in [5, 5.41) is 9.28. The summed E-state index contributed by atoms with van der Waals surface area (Å²) in [7, 11) is 1.65. The van der Waals surface area contributed by atoms with Crippen LogP contribution in [0.3, 0.4) is 0 Å². The first kappa shape index (κ1) is 12.6. The summed E-state index contributed by atoms with van der Waals surface area (Å²) in [5.74, 6) is 1.69. The lowest BCUT2D eigenvalue weighted by molar-refractivity contribution is 0.258. The van der Waals surface area contributed by atoms with E-state index < -0.39 is 0 Å². The molecule has 2 aromatic rings. The molecule has 96 valence electrons. The number of hydrogen-bond acceptors (Lipinski definition) is 3. The first-order valence-corrected chi connectivity index (χ1v) is 6.09. The molecule has 1 atom stereocenters. The van der Waals surface area contributed by atoms with Crippen molar-refractivity contribution in [3.05, 3.63) is 36.3 Å². The number of rotatable bonds is 5. The molecule has 0 fully saturated rings. The third kappa shape index (κ3) is 2.38. The van der Waals surface area contributed by atoms with Gasteiger partial charge in [-0.2, -0.15) is 0 Å². The maximum Gasteiger partial charge on any atom is 0.128 e. The van der Waals surface area contributed by atoms with Crippen molar-refractivity contribution in [1.29, 1.82) is 0 Å². The Balaban J connectivity index is 2.34. The van der Waals surface area contributed by atoms with Crippen LogP contribution < -0.4 is 4.74 Å². The Morgan fingerprint density at radius 2 is 2.17 bits per heavy atom. The van der Waals surface area contributed by atoms with E-state index in [0.717, 1.165) is 29.3 Å². The van der Waals surface area contributed by atoms with Gasteiger partial charge in [-0.15, -0.1) is 0 Å². The van der Waals surface area contributed by atoms with Gasteiger partial charge in [0.1, 0.15) is 11.6 Å². The van der Waals surface area contributed by atoms with Crippen LogP contribution in [0.1, 0.15) is 25.1 Å². The van der Waals surface area contributed by atoms with Crippen LogP contribution in [-0.4, -0.2) is 28.8 Å². The molecule has 0 bridgehead atoms. The number of aliphatic hydroxyl groups excluding tert-OH is 1. The van der Waals surface area contributed by atoms with Crippen LogP contribution in [0.4, 0.5) is 0 Å². The standard InChI is InChI=1S/C14H18N2O2/c1-3-10(9-17)14-15-8-12(16-14)11-6-4-5-7-13(11)18-2/h4-8,10,17H,3,9H2,1-2H3,(H,15,16). The van der Waals surface area contributed by atoms with E-state index in [4.69, 9.17) is 4.74 Å². The zero-order valence-electron chi connectivity index (χ0n) is 10.7. The second kappa shape index (κ2) is 5.69. The summed E-state index contributed by atoms with van der Waals surface area (Å²) in [6.45, 7) is 2.14. The molecule has 0 amide bonds. The highest BCUT2D eigenvalue weighted by Gasteiger charge is 2.14. The Labute approximate surface area is 107 Å². The minimum atomic E-state index is 0.0634. The molecule has 4 nitrogen and oxygen atoms in total. The van der Waals surface area contributed by atoms with Gasteiger partial charge < -0.3 is 14.8 Å². The monoisotopic (exact) mass is 246 g/mol. The van der Waals surface area contributed by atoms with Gasteiger partial charge in [-0.25, -0.2) is 4.98 Å². The number of nitrogens with zero attached hydrogens (tertiary/aromatic N) is 1. The summed E-state index contributed by atoms with van der Waals surface area (Å²) in [4.78, 5) is 7.59. The third-order valence-corrected chi connectivity index (χ3v) is 3.09. The number of nitrogens with one attached hydrogen (secondary N) is 1. The van der Waals surface area contributed by atoms with E-state index in [2.05, 4.69) is 9.97 Å². The van der Waals surface area contributed by atoms with Crippen molar-refractivity contribution in [1.82, 2.24) is 9.97 Å². The molecule has 1 aromatic heterocycles. The highest BCUT2D eigenvalue weighted by atomic mass is 16.5. The van der Waals surface area contributed by atoms with E-state index in [1.807, 2.05) is 31.2 Å². The molecule has 0 aliphatic rings. The summed E-state index contributed by atoms with van der Waals surface area (Å²) in [5.41, 5.74) is 1.89. The van der Waals surface area contributed by atoms with Crippen LogP contribution in [0, 0.1) is 0 Å². The normalized spacial score (nSPS) is 12.4. The fourth-order valence-corrected chi connectivity index (χ4v) is 1.96. The minimum absolute atomic E-state index is 0.0634. The number of aromatic amines is 1. The lowest BCUT2D eigenvalue weighted by atomic mass is 10.1. The van der Waals surface area contributed by atoms with Crippen LogP contribution >= 0.6 is 0 Å². The van der Waals surface area contributed by atoms with E-state index in [0.29, 0.717) is 0 Å². The van der Waals surface area contributed by atoms with Crippen LogP contribution in [-0.2, 0) is 0 Å². The number of benzene rings is 1. The Morgan fingerprint density at radius 3 is 2.83 bits per heavy atom. The van der Waals surface area contributed by atoms with Gasteiger partial charge in [0, 0.05) is 11.5 Å². The van der Waals surface area contributed by atoms with Gasteiger partial charge in [0.25, 0.3) is 0 Å². The molecule has 1 aromatic carbocycles.